The molecule has 1 N–H and O–H groups in total. The van der Waals surface area contributed by atoms with Crippen LogP contribution in [0.15, 0.2) is 35.4 Å². The molecule has 1 saturated heterocycles. The Hall–Kier alpha value is -1.64. The number of carbonyl (C=O) groups excluding carboxylic acids is 1. The molecule has 1 aliphatic rings. The van der Waals surface area contributed by atoms with Crippen LogP contribution >= 0.6 is 35.0 Å². The maximum Gasteiger partial charge on any atom is 0.418 e. The summed E-state index contributed by atoms with van der Waals surface area (Å²) in [6.45, 7) is 2.17. The van der Waals surface area contributed by atoms with Gasteiger partial charge >= 0.3 is 6.18 Å². The van der Waals surface area contributed by atoms with E-state index in [0.717, 1.165) is 11.1 Å². The Kier molecular flexibility index (Phi) is 7.33. The van der Waals surface area contributed by atoms with Crippen molar-refractivity contribution < 1.29 is 18.0 Å². The van der Waals surface area contributed by atoms with E-state index in [0.29, 0.717) is 38.0 Å². The normalized spacial score (nSPS) is 16.7. The van der Waals surface area contributed by atoms with Crippen LogP contribution in [0.3, 0.4) is 0 Å². The number of alkyl halides is 5. The second kappa shape index (κ2) is 9.46. The number of rotatable bonds is 4. The van der Waals surface area contributed by atoms with Gasteiger partial charge in [0.2, 0.25) is 0 Å². The monoisotopic (exact) mass is 491 g/mol. The van der Waals surface area contributed by atoms with Crippen LogP contribution in [0.2, 0.25) is 0 Å². The molecule has 1 aromatic carbocycles. The molecule has 0 atom stereocenters. The maximum absolute atomic E-state index is 13.5. The molecule has 168 valence electrons. The van der Waals surface area contributed by atoms with E-state index < -0.39 is 22.0 Å². The summed E-state index contributed by atoms with van der Waals surface area (Å²) in [5.74, 6) is -0.438. The Balaban J connectivity index is 2.03. The number of aromatic nitrogens is 1. The molecule has 1 aromatic heterocycles. The van der Waals surface area contributed by atoms with Crippen LogP contribution in [0.1, 0.15) is 40.7 Å². The zero-order chi connectivity index (χ0) is 22.8. The molecule has 2 heterocycles. The Morgan fingerprint density at radius 2 is 2.00 bits per heavy atom. The van der Waals surface area contributed by atoms with Crippen LogP contribution in [0.25, 0.3) is 0 Å². The molecular formula is C21H22Cl2F3N3OS. The lowest BCUT2D eigenvalue weighted by atomic mass is 10.0. The van der Waals surface area contributed by atoms with Gasteiger partial charge in [-0.15, -0.1) is 35.0 Å². The van der Waals surface area contributed by atoms with Gasteiger partial charge in [0, 0.05) is 29.9 Å². The van der Waals surface area contributed by atoms with Crippen LogP contribution in [0.4, 0.5) is 24.7 Å². The molecular weight excluding hydrogens is 470 g/mol. The highest BCUT2D eigenvalue weighted by atomic mass is 35.5. The van der Waals surface area contributed by atoms with Crippen LogP contribution in [0.5, 0.6) is 0 Å². The number of nitrogens with one attached hydrogen (secondary N) is 1. The predicted molar refractivity (Wildman–Crippen MR) is 121 cm³/mol. The third-order valence-electron chi connectivity index (χ3n) is 5.20. The minimum absolute atomic E-state index is 0.0963. The Bertz CT molecular complexity index is 969. The van der Waals surface area contributed by atoms with Gasteiger partial charge in [0.25, 0.3) is 5.91 Å². The topological polar surface area (TPSA) is 45.2 Å². The maximum atomic E-state index is 13.5. The predicted octanol–water partition coefficient (Wildman–Crippen LogP) is 6.55. The number of benzene rings is 1. The van der Waals surface area contributed by atoms with Crippen LogP contribution in [-0.2, 0) is 6.18 Å². The summed E-state index contributed by atoms with van der Waals surface area (Å²) in [5, 5.41) is 2.73. The van der Waals surface area contributed by atoms with E-state index in [4.69, 9.17) is 23.2 Å². The van der Waals surface area contributed by atoms with Crippen molar-refractivity contribution in [1.29, 1.82) is 0 Å². The molecule has 0 radical (unpaired) electrons. The summed E-state index contributed by atoms with van der Waals surface area (Å²) in [6, 6.07) is 7.11. The number of nitrogens with zero attached hydrogens (tertiary/aromatic N) is 2. The fourth-order valence-electron chi connectivity index (χ4n) is 3.56. The van der Waals surface area contributed by atoms with E-state index in [2.05, 4.69) is 10.3 Å². The molecule has 1 amide bonds. The molecule has 1 fully saturated rings. The van der Waals surface area contributed by atoms with Gasteiger partial charge in [-0.25, -0.2) is 4.98 Å². The zero-order valence-electron chi connectivity index (χ0n) is 17.0. The number of hydrogen-bond donors (Lipinski definition) is 1. The average molecular weight is 492 g/mol. The van der Waals surface area contributed by atoms with E-state index in [1.54, 1.807) is 23.1 Å². The SMILES string of the molecule is CSc1cccc(NC(=O)c2c(N3CCCC(Cl)(Cl)CC3)ncc(C(F)(F)F)c2C)c1. The molecule has 0 aliphatic carbocycles. The second-order valence-electron chi connectivity index (χ2n) is 7.38. The first-order chi connectivity index (χ1) is 14.5. The van der Waals surface area contributed by atoms with Crippen molar-refractivity contribution in [3.8, 4) is 0 Å². The van der Waals surface area contributed by atoms with Crippen molar-refractivity contribution in [2.75, 3.05) is 29.6 Å². The number of halogens is 5. The average Bonchev–Trinajstić information content (AvgIpc) is 2.87. The van der Waals surface area contributed by atoms with Gasteiger partial charge in [-0.3, -0.25) is 4.79 Å². The summed E-state index contributed by atoms with van der Waals surface area (Å²) < 4.78 is 39.7. The van der Waals surface area contributed by atoms with Gasteiger partial charge in [0.15, 0.2) is 0 Å². The van der Waals surface area contributed by atoms with Crippen molar-refractivity contribution in [3.63, 3.8) is 0 Å². The number of carbonyl (C=O) groups is 1. The quantitative estimate of drug-likeness (QED) is 0.389. The van der Waals surface area contributed by atoms with Gasteiger partial charge in [-0.05, 0) is 56.2 Å². The lowest BCUT2D eigenvalue weighted by Crippen LogP contribution is -2.30. The minimum atomic E-state index is -4.62. The van der Waals surface area contributed by atoms with Crippen molar-refractivity contribution in [2.45, 2.75) is 41.6 Å². The highest BCUT2D eigenvalue weighted by Gasteiger charge is 2.37. The molecule has 31 heavy (non-hydrogen) atoms. The van der Waals surface area contributed by atoms with E-state index >= 15 is 0 Å². The number of hydrogen-bond acceptors (Lipinski definition) is 4. The number of pyridine rings is 1. The standard InChI is InChI=1S/C21H22Cl2F3N3OS/c1-13-16(21(24,25)26)12-27-18(29-9-4-7-20(22,23)8-10-29)17(13)19(30)28-14-5-3-6-15(11-14)31-2/h3,5-6,11-12H,4,7-10H2,1-2H3,(H,28,30). The van der Waals surface area contributed by atoms with Crippen molar-refractivity contribution >= 4 is 52.4 Å². The van der Waals surface area contributed by atoms with Crippen LogP contribution < -0.4 is 10.2 Å². The minimum Gasteiger partial charge on any atom is -0.356 e. The lowest BCUT2D eigenvalue weighted by molar-refractivity contribution is -0.138. The van der Waals surface area contributed by atoms with E-state index in [1.807, 2.05) is 12.3 Å². The van der Waals surface area contributed by atoms with Gasteiger partial charge in [0.1, 0.15) is 10.2 Å². The first kappa shape index (κ1) is 24.0. The number of thioether (sulfide) groups is 1. The summed E-state index contributed by atoms with van der Waals surface area (Å²) in [6.07, 6.45) is -0.346. The van der Waals surface area contributed by atoms with Gasteiger partial charge in [-0.1, -0.05) is 6.07 Å². The molecule has 0 spiro atoms. The molecule has 10 heteroatoms. The zero-order valence-corrected chi connectivity index (χ0v) is 19.4. The molecule has 2 aromatic rings. The first-order valence-corrected chi connectivity index (χ1v) is 11.6. The Morgan fingerprint density at radius 1 is 1.26 bits per heavy atom. The molecule has 0 bridgehead atoms. The van der Waals surface area contributed by atoms with Gasteiger partial charge < -0.3 is 10.2 Å². The Labute approximate surface area is 193 Å². The van der Waals surface area contributed by atoms with Crippen LogP contribution in [-0.4, -0.2) is 34.6 Å². The highest BCUT2D eigenvalue weighted by Crippen LogP contribution is 2.38. The number of anilines is 2. The molecule has 1 aliphatic heterocycles. The summed E-state index contributed by atoms with van der Waals surface area (Å²) in [5.41, 5.74) is -0.696. The third kappa shape index (κ3) is 5.79. The molecule has 3 rings (SSSR count). The van der Waals surface area contributed by atoms with Gasteiger partial charge in [0.05, 0.1) is 11.1 Å². The fourth-order valence-corrected chi connectivity index (χ4v) is 4.45. The van der Waals surface area contributed by atoms with Crippen molar-refractivity contribution in [1.82, 2.24) is 4.98 Å². The summed E-state index contributed by atoms with van der Waals surface area (Å²) in [4.78, 5) is 20.0. The van der Waals surface area contributed by atoms with Crippen molar-refractivity contribution in [3.05, 3.63) is 47.2 Å². The molecule has 0 saturated carbocycles. The molecule has 4 nitrogen and oxygen atoms in total. The third-order valence-corrected chi connectivity index (χ3v) is 6.68. The van der Waals surface area contributed by atoms with Gasteiger partial charge in [-0.2, -0.15) is 13.2 Å². The Morgan fingerprint density at radius 3 is 2.68 bits per heavy atom. The van der Waals surface area contributed by atoms with Crippen LogP contribution in [0, 0.1) is 6.92 Å². The fraction of sp³-hybridized carbons (Fsp3) is 0.429. The lowest BCUT2D eigenvalue weighted by Gasteiger charge is -2.26. The summed E-state index contributed by atoms with van der Waals surface area (Å²) in [7, 11) is 0. The first-order valence-electron chi connectivity index (χ1n) is 9.67. The highest BCUT2D eigenvalue weighted by molar-refractivity contribution is 7.98. The molecule has 0 unspecified atom stereocenters. The van der Waals surface area contributed by atoms with E-state index in [1.165, 1.54) is 18.7 Å². The largest absolute Gasteiger partial charge is 0.418 e. The summed E-state index contributed by atoms with van der Waals surface area (Å²) >= 11 is 14.0. The van der Waals surface area contributed by atoms with E-state index in [9.17, 15) is 18.0 Å². The van der Waals surface area contributed by atoms with E-state index in [-0.39, 0.29) is 16.9 Å². The smallest absolute Gasteiger partial charge is 0.356 e. The second-order valence-corrected chi connectivity index (χ2v) is 9.90. The number of amides is 1. The van der Waals surface area contributed by atoms with Crippen molar-refractivity contribution in [2.24, 2.45) is 0 Å².